The summed E-state index contributed by atoms with van der Waals surface area (Å²) in [4.78, 5) is 96.9. The average Bonchev–Trinajstić information content (AvgIpc) is 4.32. The molecule has 2 aromatic heterocycles. The van der Waals surface area contributed by atoms with Gasteiger partial charge in [0, 0.05) is 117 Å². The number of aromatic amines is 1. The van der Waals surface area contributed by atoms with Crippen molar-refractivity contribution in [3.63, 3.8) is 0 Å². The Kier molecular flexibility index (Phi) is 21.0. The molecule has 18 nitrogen and oxygen atoms in total. The number of nitrogens with one attached hydrogen (secondary N) is 5. The first kappa shape index (κ1) is 62.1. The number of halogens is 3. The topological polar surface area (TPSA) is 216 Å². The van der Waals surface area contributed by atoms with Crippen molar-refractivity contribution in [1.82, 2.24) is 45.5 Å². The van der Waals surface area contributed by atoms with E-state index in [4.69, 9.17) is 0 Å². The molecule has 3 atom stereocenters. The molecule has 3 aliphatic heterocycles. The van der Waals surface area contributed by atoms with Crippen molar-refractivity contribution in [1.29, 1.82) is 0 Å². The van der Waals surface area contributed by atoms with Crippen LogP contribution in [0.15, 0.2) is 89.3 Å². The molecule has 83 heavy (non-hydrogen) atoms. The number of aliphatic hydroxyl groups is 1. The molecule has 3 fully saturated rings. The number of hydrogen-bond donors (Lipinski definition) is 6. The first-order valence-electron chi connectivity index (χ1n) is 28.6. The van der Waals surface area contributed by atoms with Crippen LogP contribution in [0.3, 0.4) is 0 Å². The SMILES string of the molecule is Cc1ncsc1-c1ccc(CNC(=O)[C@@H]2C[C@@H](O)CN2C(=O)[C@@H](NC(=O)CCCCCCC(=O)NCCN2CCN(Cc3cccc(-c4ccc(N5CCN(C)CC5)c(NC(=O)c5c[nH]c(=O)cc5C(F)(F)F)c4)c3)CC2)C(C)(C)C)cc1. The number of unbranched alkanes of at least 4 members (excludes halogenated alkanes) is 3. The van der Waals surface area contributed by atoms with Gasteiger partial charge in [0.2, 0.25) is 29.2 Å². The second-order valence-electron chi connectivity index (χ2n) is 23.1. The number of β-amino-alcohol motifs (C(OH)–C–C–N with tert-alkyl or cyclic N) is 1. The van der Waals surface area contributed by atoms with Gasteiger partial charge < -0.3 is 46.1 Å². The summed E-state index contributed by atoms with van der Waals surface area (Å²) in [5, 5.41) is 22.3. The molecule has 5 aromatic rings. The van der Waals surface area contributed by atoms with Gasteiger partial charge in [-0.15, -0.1) is 11.3 Å². The summed E-state index contributed by atoms with van der Waals surface area (Å²) in [6.45, 7) is 16.0. The molecule has 5 heterocycles. The van der Waals surface area contributed by atoms with Gasteiger partial charge in [0.15, 0.2) is 0 Å². The lowest BCUT2D eigenvalue weighted by Crippen LogP contribution is -2.57. The van der Waals surface area contributed by atoms with E-state index in [1.54, 1.807) is 17.4 Å². The number of nitrogens with zero attached hydrogens (tertiary/aromatic N) is 6. The number of H-pyrrole nitrogens is 1. The number of aromatic nitrogens is 2. The molecule has 0 bridgehead atoms. The number of amides is 5. The summed E-state index contributed by atoms with van der Waals surface area (Å²) >= 11 is 1.57. The second-order valence-corrected chi connectivity index (χ2v) is 24.0. The van der Waals surface area contributed by atoms with E-state index in [1.165, 1.54) is 4.90 Å². The van der Waals surface area contributed by atoms with Crippen LogP contribution in [0.5, 0.6) is 0 Å². The number of alkyl halides is 3. The number of pyridine rings is 1. The van der Waals surface area contributed by atoms with Gasteiger partial charge in [0.05, 0.1) is 44.7 Å². The monoisotopic (exact) mass is 1170 g/mol. The molecule has 0 unspecified atom stereocenters. The molecule has 3 saturated heterocycles. The molecule has 5 amide bonds. The van der Waals surface area contributed by atoms with Gasteiger partial charge in [-0.25, -0.2) is 4.98 Å². The van der Waals surface area contributed by atoms with E-state index in [9.17, 15) is 47.0 Å². The zero-order valence-corrected chi connectivity index (χ0v) is 48.9. The maximum absolute atomic E-state index is 14.1. The normalized spacial score (nSPS) is 17.7. The predicted molar refractivity (Wildman–Crippen MR) is 316 cm³/mol. The number of likely N-dealkylation sites (N-methyl/N-ethyl adjacent to an activating group) is 1. The van der Waals surface area contributed by atoms with E-state index in [-0.39, 0.29) is 43.7 Å². The highest BCUT2D eigenvalue weighted by Gasteiger charge is 2.44. The third-order valence-electron chi connectivity index (χ3n) is 15.7. The van der Waals surface area contributed by atoms with Gasteiger partial charge in [0.25, 0.3) is 5.91 Å². The average molecular weight is 1170 g/mol. The third-order valence-corrected chi connectivity index (χ3v) is 16.7. The Bertz CT molecular complexity index is 3110. The van der Waals surface area contributed by atoms with E-state index >= 15 is 0 Å². The fourth-order valence-electron chi connectivity index (χ4n) is 10.9. The van der Waals surface area contributed by atoms with E-state index in [1.807, 2.05) is 88.8 Å². The van der Waals surface area contributed by atoms with Crippen LogP contribution in [0.1, 0.15) is 98.5 Å². The molecule has 0 spiro atoms. The lowest BCUT2D eigenvalue weighted by molar-refractivity contribution is -0.144. The molecule has 446 valence electrons. The highest BCUT2D eigenvalue weighted by atomic mass is 32.1. The third kappa shape index (κ3) is 17.1. The van der Waals surface area contributed by atoms with Crippen molar-refractivity contribution in [2.45, 2.75) is 110 Å². The molecular formula is C61H78F3N11O7S. The number of thiazole rings is 1. The Morgan fingerprint density at radius 3 is 2.14 bits per heavy atom. The van der Waals surface area contributed by atoms with Gasteiger partial charge >= 0.3 is 6.18 Å². The minimum Gasteiger partial charge on any atom is -0.391 e. The fourth-order valence-corrected chi connectivity index (χ4v) is 11.7. The largest absolute Gasteiger partial charge is 0.417 e. The number of likely N-dealkylation sites (tertiary alicyclic amines) is 1. The van der Waals surface area contributed by atoms with Gasteiger partial charge in [-0.2, -0.15) is 13.2 Å². The first-order chi connectivity index (χ1) is 39.6. The van der Waals surface area contributed by atoms with Gasteiger partial charge in [-0.3, -0.25) is 38.6 Å². The summed E-state index contributed by atoms with van der Waals surface area (Å²) < 4.78 is 41.9. The quantitative estimate of drug-likeness (QED) is 0.0392. The minimum atomic E-state index is -4.91. The number of piperazine rings is 2. The van der Waals surface area contributed by atoms with Crippen molar-refractivity contribution >= 4 is 52.2 Å². The summed E-state index contributed by atoms with van der Waals surface area (Å²) in [6.07, 6.45) is -1.52. The van der Waals surface area contributed by atoms with Crippen molar-refractivity contribution in [3.8, 4) is 21.6 Å². The van der Waals surface area contributed by atoms with Crippen LogP contribution in [0, 0.1) is 12.3 Å². The van der Waals surface area contributed by atoms with E-state index in [0.717, 1.165) is 103 Å². The molecule has 0 radical (unpaired) electrons. The van der Waals surface area contributed by atoms with Crippen LogP contribution >= 0.6 is 11.3 Å². The molecule has 22 heteroatoms. The van der Waals surface area contributed by atoms with Crippen LogP contribution in [0.2, 0.25) is 0 Å². The lowest BCUT2D eigenvalue weighted by Gasteiger charge is -2.35. The molecule has 6 N–H and O–H groups in total. The number of rotatable bonds is 22. The maximum Gasteiger partial charge on any atom is 0.417 e. The number of carbonyl (C=O) groups is 5. The van der Waals surface area contributed by atoms with Gasteiger partial charge in [-0.05, 0) is 78.2 Å². The Balaban J connectivity index is 0.726. The Morgan fingerprint density at radius 2 is 1.47 bits per heavy atom. The Hall–Kier alpha value is -6.98. The van der Waals surface area contributed by atoms with Crippen molar-refractivity contribution in [3.05, 3.63) is 123 Å². The molecular weight excluding hydrogens is 1090 g/mol. The van der Waals surface area contributed by atoms with Crippen LogP contribution in [0.4, 0.5) is 24.5 Å². The van der Waals surface area contributed by atoms with Crippen LogP contribution < -0.4 is 31.7 Å². The highest BCUT2D eigenvalue weighted by Crippen LogP contribution is 2.36. The molecule has 3 aromatic carbocycles. The van der Waals surface area contributed by atoms with Gasteiger partial charge in [0.1, 0.15) is 12.1 Å². The Morgan fingerprint density at radius 1 is 0.795 bits per heavy atom. The van der Waals surface area contributed by atoms with Gasteiger partial charge in [-0.1, -0.05) is 82.1 Å². The summed E-state index contributed by atoms with van der Waals surface area (Å²) in [5.74, 6) is -2.04. The fraction of sp³-hybridized carbons (Fsp3) is 0.492. The number of anilines is 2. The number of aliphatic hydroxyl groups excluding tert-OH is 1. The lowest BCUT2D eigenvalue weighted by atomic mass is 9.85. The molecule has 0 saturated carbocycles. The summed E-state index contributed by atoms with van der Waals surface area (Å²) in [6, 6.07) is 20.2. The minimum absolute atomic E-state index is 0.00654. The highest BCUT2D eigenvalue weighted by molar-refractivity contribution is 7.13. The zero-order chi connectivity index (χ0) is 59.4. The van der Waals surface area contributed by atoms with Crippen LogP contribution in [-0.4, -0.2) is 161 Å². The number of carbonyl (C=O) groups excluding carboxylic acids is 5. The number of hydrogen-bond acceptors (Lipinski definition) is 13. The predicted octanol–water partition coefficient (Wildman–Crippen LogP) is 6.88. The smallest absolute Gasteiger partial charge is 0.391 e. The van der Waals surface area contributed by atoms with Crippen LogP contribution in [0.25, 0.3) is 21.6 Å². The van der Waals surface area contributed by atoms with E-state index in [0.29, 0.717) is 62.9 Å². The molecule has 8 rings (SSSR count). The Labute approximate surface area is 487 Å². The first-order valence-corrected chi connectivity index (χ1v) is 29.5. The van der Waals surface area contributed by atoms with Crippen molar-refractivity contribution < 1.29 is 42.3 Å². The summed E-state index contributed by atoms with van der Waals surface area (Å²) in [5.41, 5.74) is 4.89. The van der Waals surface area contributed by atoms with Crippen LogP contribution in [-0.2, 0) is 38.4 Å². The number of aryl methyl sites for hydroxylation is 1. The number of benzene rings is 3. The molecule has 3 aliphatic rings. The van der Waals surface area contributed by atoms with E-state index < -0.39 is 58.3 Å². The molecule has 0 aliphatic carbocycles. The van der Waals surface area contributed by atoms with E-state index in [2.05, 4.69) is 63.0 Å². The van der Waals surface area contributed by atoms with Crippen molar-refractivity contribution in [2.75, 3.05) is 89.3 Å². The summed E-state index contributed by atoms with van der Waals surface area (Å²) in [7, 11) is 2.02. The van der Waals surface area contributed by atoms with Crippen molar-refractivity contribution in [2.24, 2.45) is 5.41 Å². The standard InChI is InChI=1S/C61H78F3N11O7S/c1-40-55(83-39-68-40)43-17-15-41(16-18-43)35-67-58(81)51-33-46(76)38-75(51)59(82)56(60(2,3)4)70-53(78)14-9-7-6-8-13-52(77)65-21-22-72-25-27-73(28-26-72)37-42-11-10-12-44(31-42)45-19-20-50(74-29-23-71(5)24-30-74)49(32-45)69-57(80)47-36-66-54(79)34-48(47)61(62,63)64/h10-12,15-20,31-32,34,36,39,46,51,56,76H,6-9,13-14,21-30,33,35,37-38H2,1-5H3,(H,65,77)(H,66,79)(H,67,81)(H,69,80)(H,70,78)/t46-,51+,56-/m1/s1. The maximum atomic E-state index is 14.1. The second kappa shape index (κ2) is 28.1. The zero-order valence-electron chi connectivity index (χ0n) is 48.1.